The van der Waals surface area contributed by atoms with Crippen LogP contribution in [0.4, 0.5) is 11.4 Å². The van der Waals surface area contributed by atoms with Gasteiger partial charge in [0, 0.05) is 17.8 Å². The van der Waals surface area contributed by atoms with Gasteiger partial charge in [0.25, 0.3) is 5.91 Å². The van der Waals surface area contributed by atoms with E-state index in [0.717, 1.165) is 5.69 Å². The van der Waals surface area contributed by atoms with Crippen molar-refractivity contribution in [3.05, 3.63) is 93.9 Å². The molecule has 188 valence electrons. The number of amides is 1. The van der Waals surface area contributed by atoms with Gasteiger partial charge in [-0.15, -0.1) is 24.8 Å². The minimum absolute atomic E-state index is 0. The Morgan fingerprint density at radius 1 is 0.944 bits per heavy atom. The third kappa shape index (κ3) is 6.36. The first-order valence-electron chi connectivity index (χ1n) is 10.5. The summed E-state index contributed by atoms with van der Waals surface area (Å²) >= 11 is 12.4. The highest BCUT2D eigenvalue weighted by atomic mass is 35.5. The monoisotopic (exact) mass is 566 g/mol. The van der Waals surface area contributed by atoms with Crippen LogP contribution >= 0.6 is 48.0 Å². The molecule has 0 aliphatic carbocycles. The molecule has 0 aliphatic rings. The second-order valence-corrected chi connectivity index (χ2v) is 8.01. The average molecular weight is 568 g/mol. The molecule has 0 aliphatic heterocycles. The molecule has 2 heterocycles. The number of fused-ring (bicyclic) bond motifs is 1. The molecule has 0 atom stereocenters. The molecule has 0 radical (unpaired) electrons. The quantitative estimate of drug-likeness (QED) is 0.238. The highest BCUT2D eigenvalue weighted by Crippen LogP contribution is 2.32. The van der Waals surface area contributed by atoms with Crippen molar-refractivity contribution in [1.29, 1.82) is 0 Å². The van der Waals surface area contributed by atoms with E-state index in [1.54, 1.807) is 43.5 Å². The number of nitrogens with zero attached hydrogens (tertiary/aromatic N) is 2. The van der Waals surface area contributed by atoms with Crippen molar-refractivity contribution in [3.63, 3.8) is 0 Å². The fraction of sp³-hybridized carbons (Fsp3) is 0.120. The fourth-order valence-electron chi connectivity index (χ4n) is 3.46. The Morgan fingerprint density at radius 2 is 1.67 bits per heavy atom. The van der Waals surface area contributed by atoms with Gasteiger partial charge in [0.15, 0.2) is 0 Å². The summed E-state index contributed by atoms with van der Waals surface area (Å²) in [5.41, 5.74) is 2.69. The van der Waals surface area contributed by atoms with Crippen molar-refractivity contribution in [1.82, 2.24) is 9.97 Å². The Labute approximate surface area is 230 Å². The van der Waals surface area contributed by atoms with Crippen LogP contribution < -0.4 is 10.6 Å². The molecule has 36 heavy (non-hydrogen) atoms. The first-order chi connectivity index (χ1) is 16.5. The van der Waals surface area contributed by atoms with Gasteiger partial charge >= 0.3 is 5.97 Å². The van der Waals surface area contributed by atoms with Crippen molar-refractivity contribution in [2.45, 2.75) is 13.5 Å². The number of halogens is 4. The molecule has 11 heteroatoms. The number of anilines is 2. The van der Waals surface area contributed by atoms with Gasteiger partial charge < -0.3 is 15.4 Å². The van der Waals surface area contributed by atoms with Crippen LogP contribution in [-0.2, 0) is 11.3 Å². The molecular weight excluding hydrogens is 546 g/mol. The third-order valence-corrected chi connectivity index (χ3v) is 5.63. The van der Waals surface area contributed by atoms with Crippen LogP contribution in [0, 0.1) is 0 Å². The molecule has 0 saturated heterocycles. The lowest BCUT2D eigenvalue weighted by Gasteiger charge is -2.16. The minimum Gasteiger partial charge on any atom is -0.462 e. The lowest BCUT2D eigenvalue weighted by atomic mass is 10.1. The summed E-state index contributed by atoms with van der Waals surface area (Å²) in [6.45, 7) is 2.34. The van der Waals surface area contributed by atoms with Gasteiger partial charge in [0.05, 0.1) is 51.3 Å². The van der Waals surface area contributed by atoms with Crippen LogP contribution in [0.3, 0.4) is 0 Å². The molecule has 1 amide bonds. The number of aromatic nitrogens is 2. The standard InChI is InChI=1S/C25H20Cl2N4O3.2ClH/c1-2-34-25(33)17-14-30-23-16(22(17)29-13-15-7-3-4-12-28-15)8-5-11-20(23)31-24(32)21-18(26)9-6-10-19(21)27;;/h3-12,14H,2,13H2,1H3,(H,29,30)(H,31,32);2*1H. The summed E-state index contributed by atoms with van der Waals surface area (Å²) < 4.78 is 5.21. The van der Waals surface area contributed by atoms with E-state index >= 15 is 0 Å². The molecule has 0 saturated carbocycles. The topological polar surface area (TPSA) is 93.2 Å². The van der Waals surface area contributed by atoms with Crippen LogP contribution in [0.15, 0.2) is 67.0 Å². The maximum atomic E-state index is 12.9. The van der Waals surface area contributed by atoms with E-state index in [1.807, 2.05) is 24.3 Å². The third-order valence-electron chi connectivity index (χ3n) is 5.00. The highest BCUT2D eigenvalue weighted by Gasteiger charge is 2.20. The van der Waals surface area contributed by atoms with Crippen LogP contribution in [0.5, 0.6) is 0 Å². The predicted octanol–water partition coefficient (Wildman–Crippen LogP) is 6.82. The van der Waals surface area contributed by atoms with Gasteiger partial charge in [-0.2, -0.15) is 0 Å². The van der Waals surface area contributed by atoms with Gasteiger partial charge in [0.2, 0.25) is 0 Å². The number of nitrogens with one attached hydrogen (secondary N) is 2. The number of para-hydroxylation sites is 1. The summed E-state index contributed by atoms with van der Waals surface area (Å²) in [6, 6.07) is 15.7. The number of hydrogen-bond donors (Lipinski definition) is 2. The van der Waals surface area contributed by atoms with Crippen LogP contribution in [0.1, 0.15) is 33.3 Å². The Bertz CT molecular complexity index is 1350. The number of ether oxygens (including phenoxy) is 1. The zero-order valence-corrected chi connectivity index (χ0v) is 22.1. The van der Waals surface area contributed by atoms with E-state index in [2.05, 4.69) is 20.6 Å². The molecule has 0 bridgehead atoms. The van der Waals surface area contributed by atoms with E-state index in [0.29, 0.717) is 28.8 Å². The second kappa shape index (κ2) is 13.3. The predicted molar refractivity (Wildman–Crippen MR) is 148 cm³/mol. The molecule has 2 aromatic carbocycles. The van der Waals surface area contributed by atoms with E-state index in [4.69, 9.17) is 27.9 Å². The first kappa shape index (κ1) is 29.1. The molecule has 0 fully saturated rings. The fourth-order valence-corrected chi connectivity index (χ4v) is 4.03. The van der Waals surface area contributed by atoms with Crippen molar-refractivity contribution in [2.75, 3.05) is 17.2 Å². The molecule has 0 spiro atoms. The first-order valence-corrected chi connectivity index (χ1v) is 11.2. The summed E-state index contributed by atoms with van der Waals surface area (Å²) in [4.78, 5) is 34.3. The summed E-state index contributed by atoms with van der Waals surface area (Å²) in [5.74, 6) is -0.972. The lowest BCUT2D eigenvalue weighted by molar-refractivity contribution is 0.0527. The van der Waals surface area contributed by atoms with Crippen molar-refractivity contribution >= 4 is 82.2 Å². The summed E-state index contributed by atoms with van der Waals surface area (Å²) in [7, 11) is 0. The molecular formula is C25H22Cl4N4O3. The molecule has 4 rings (SSSR count). The molecule has 4 aromatic rings. The van der Waals surface area contributed by atoms with Crippen molar-refractivity contribution < 1.29 is 14.3 Å². The van der Waals surface area contributed by atoms with E-state index in [-0.39, 0.29) is 52.6 Å². The number of carbonyl (C=O) groups excluding carboxylic acids is 2. The van der Waals surface area contributed by atoms with Gasteiger partial charge in [-0.3, -0.25) is 14.8 Å². The number of rotatable bonds is 7. The Kier molecular flexibility index (Phi) is 10.7. The number of esters is 1. The SMILES string of the molecule is CCOC(=O)c1cnc2c(NC(=O)c3c(Cl)cccc3Cl)cccc2c1NCc1ccccn1.Cl.Cl. The van der Waals surface area contributed by atoms with Crippen LogP contribution in [0.25, 0.3) is 10.9 Å². The summed E-state index contributed by atoms with van der Waals surface area (Å²) in [6.07, 6.45) is 3.13. The second-order valence-electron chi connectivity index (χ2n) is 7.19. The van der Waals surface area contributed by atoms with Gasteiger partial charge in [-0.25, -0.2) is 4.79 Å². The summed E-state index contributed by atoms with van der Waals surface area (Å²) in [5, 5.41) is 7.22. The van der Waals surface area contributed by atoms with Crippen molar-refractivity contribution in [2.24, 2.45) is 0 Å². The number of carbonyl (C=O) groups is 2. The maximum absolute atomic E-state index is 12.9. The van der Waals surface area contributed by atoms with E-state index in [9.17, 15) is 9.59 Å². The van der Waals surface area contributed by atoms with Crippen LogP contribution in [0.2, 0.25) is 10.0 Å². The molecule has 7 nitrogen and oxygen atoms in total. The van der Waals surface area contributed by atoms with E-state index in [1.165, 1.54) is 6.20 Å². The Morgan fingerprint density at radius 3 is 2.33 bits per heavy atom. The highest BCUT2D eigenvalue weighted by molar-refractivity contribution is 6.40. The van der Waals surface area contributed by atoms with Gasteiger partial charge in [0.1, 0.15) is 5.56 Å². The number of hydrogen-bond acceptors (Lipinski definition) is 6. The number of pyridine rings is 2. The minimum atomic E-state index is -0.502. The largest absolute Gasteiger partial charge is 0.462 e. The smallest absolute Gasteiger partial charge is 0.341 e. The Hall–Kier alpha value is -3.10. The van der Waals surface area contributed by atoms with E-state index < -0.39 is 11.9 Å². The van der Waals surface area contributed by atoms with Gasteiger partial charge in [-0.05, 0) is 37.3 Å². The molecule has 2 N–H and O–H groups in total. The van der Waals surface area contributed by atoms with Crippen LogP contribution in [-0.4, -0.2) is 28.5 Å². The molecule has 0 unspecified atom stereocenters. The normalized spacial score (nSPS) is 10.1. The van der Waals surface area contributed by atoms with Crippen molar-refractivity contribution in [3.8, 4) is 0 Å². The average Bonchev–Trinajstić information content (AvgIpc) is 2.83. The van der Waals surface area contributed by atoms with Gasteiger partial charge in [-0.1, -0.05) is 47.5 Å². The zero-order chi connectivity index (χ0) is 24.1. The lowest BCUT2D eigenvalue weighted by Crippen LogP contribution is -2.15. The molecule has 2 aromatic heterocycles. The maximum Gasteiger partial charge on any atom is 0.341 e. The Balaban J connectivity index is 0.00000228. The zero-order valence-electron chi connectivity index (χ0n) is 19.0. The number of benzene rings is 2.